The first-order valence-corrected chi connectivity index (χ1v) is 5.65. The molecule has 20 heavy (non-hydrogen) atoms. The van der Waals surface area contributed by atoms with E-state index in [2.05, 4.69) is 15.0 Å². The third-order valence-corrected chi connectivity index (χ3v) is 3.08. The lowest BCUT2D eigenvalue weighted by Gasteiger charge is -2.27. The lowest BCUT2D eigenvalue weighted by Crippen LogP contribution is -2.43. The zero-order valence-electron chi connectivity index (χ0n) is 10.3. The van der Waals surface area contributed by atoms with Crippen molar-refractivity contribution in [3.05, 3.63) is 33.2 Å². The van der Waals surface area contributed by atoms with Crippen LogP contribution in [0.3, 0.4) is 0 Å². The zero-order chi connectivity index (χ0) is 14.8. The van der Waals surface area contributed by atoms with Gasteiger partial charge in [0.05, 0.1) is 6.61 Å². The van der Waals surface area contributed by atoms with E-state index in [1.54, 1.807) is 0 Å². The van der Waals surface area contributed by atoms with Crippen molar-refractivity contribution in [2.75, 3.05) is 12.3 Å². The zero-order valence-corrected chi connectivity index (χ0v) is 10.3. The van der Waals surface area contributed by atoms with Gasteiger partial charge in [-0.05, 0) is 18.0 Å². The number of anilines is 1. The van der Waals surface area contributed by atoms with Crippen molar-refractivity contribution in [1.29, 1.82) is 5.26 Å². The Balaban J connectivity index is 2.51. The first kappa shape index (κ1) is 13.8. The average molecular weight is 277 g/mol. The van der Waals surface area contributed by atoms with Gasteiger partial charge in [0.2, 0.25) is 5.72 Å². The van der Waals surface area contributed by atoms with Gasteiger partial charge in [-0.25, -0.2) is 4.79 Å². The van der Waals surface area contributed by atoms with E-state index in [1.807, 2.05) is 6.07 Å². The molecule has 1 aromatic heterocycles. The third kappa shape index (κ3) is 2.06. The molecular weight excluding hydrogens is 266 g/mol. The van der Waals surface area contributed by atoms with Gasteiger partial charge >= 0.3 is 5.69 Å². The number of aliphatic hydroxyl groups is 1. The number of aliphatic hydroxyl groups excluding tert-OH is 1. The SMILES string of the molecule is N#C[C@]1(n2ccc(N)nc2=O)CC[C@](CO)(N=[N+]=[N-])O1. The Labute approximate surface area is 112 Å². The second-order valence-electron chi connectivity index (χ2n) is 4.30. The molecule has 1 aromatic rings. The minimum absolute atomic E-state index is 0.0146. The van der Waals surface area contributed by atoms with Gasteiger partial charge in [-0.3, -0.25) is 4.57 Å². The van der Waals surface area contributed by atoms with E-state index in [1.165, 1.54) is 12.3 Å². The molecule has 0 amide bonds. The number of hydrogen-bond donors (Lipinski definition) is 2. The minimum Gasteiger partial charge on any atom is -0.393 e. The number of azide groups is 1. The predicted octanol–water partition coefficient (Wildman–Crippen LogP) is -0.189. The predicted molar refractivity (Wildman–Crippen MR) is 65.8 cm³/mol. The monoisotopic (exact) mass is 277 g/mol. The van der Waals surface area contributed by atoms with Gasteiger partial charge in [0.15, 0.2) is 5.72 Å². The van der Waals surface area contributed by atoms with Crippen LogP contribution < -0.4 is 11.4 Å². The number of nitrogens with two attached hydrogens (primary N) is 1. The molecule has 1 aliphatic rings. The largest absolute Gasteiger partial charge is 0.393 e. The molecule has 0 spiro atoms. The van der Waals surface area contributed by atoms with E-state index in [0.29, 0.717) is 0 Å². The van der Waals surface area contributed by atoms with Crippen molar-refractivity contribution < 1.29 is 9.84 Å². The maximum atomic E-state index is 11.8. The van der Waals surface area contributed by atoms with Crippen molar-refractivity contribution in [2.24, 2.45) is 5.11 Å². The van der Waals surface area contributed by atoms with Crippen molar-refractivity contribution in [2.45, 2.75) is 24.3 Å². The molecule has 2 atom stereocenters. The van der Waals surface area contributed by atoms with Crippen LogP contribution in [0.25, 0.3) is 10.4 Å². The summed E-state index contributed by atoms with van der Waals surface area (Å²) in [5.74, 6) is 0.0146. The van der Waals surface area contributed by atoms with Crippen LogP contribution >= 0.6 is 0 Å². The summed E-state index contributed by atoms with van der Waals surface area (Å²) >= 11 is 0. The molecule has 0 unspecified atom stereocenters. The Morgan fingerprint density at radius 2 is 2.50 bits per heavy atom. The standard InChI is InChI=1S/C10H11N7O3/c11-5-10(17-4-1-7(12)14-8(17)19)3-2-9(6-18,20-10)15-16-13/h1,4,18H,2-3,6H2,(H2,12,14,19)/t9-,10-/m0/s1. The first-order chi connectivity index (χ1) is 9.51. The van der Waals surface area contributed by atoms with Crippen LogP contribution in [0.15, 0.2) is 22.2 Å². The summed E-state index contributed by atoms with van der Waals surface area (Å²) in [4.78, 5) is 17.9. The second-order valence-corrected chi connectivity index (χ2v) is 4.30. The number of hydrogen-bond acceptors (Lipinski definition) is 7. The van der Waals surface area contributed by atoms with Gasteiger partial charge in [0.1, 0.15) is 11.9 Å². The molecule has 1 aliphatic heterocycles. The molecule has 10 heteroatoms. The molecule has 1 fully saturated rings. The maximum Gasteiger partial charge on any atom is 0.352 e. The number of nitrogen functional groups attached to an aromatic ring is 1. The lowest BCUT2D eigenvalue weighted by molar-refractivity contribution is -0.133. The summed E-state index contributed by atoms with van der Waals surface area (Å²) in [5.41, 5.74) is 9.88. The summed E-state index contributed by atoms with van der Waals surface area (Å²) in [7, 11) is 0. The van der Waals surface area contributed by atoms with Gasteiger partial charge in [-0.1, -0.05) is 5.11 Å². The van der Waals surface area contributed by atoms with E-state index in [0.717, 1.165) is 4.57 Å². The van der Waals surface area contributed by atoms with Crippen molar-refractivity contribution in [1.82, 2.24) is 9.55 Å². The van der Waals surface area contributed by atoms with Crippen molar-refractivity contribution >= 4 is 5.82 Å². The molecule has 0 aromatic carbocycles. The van der Waals surface area contributed by atoms with Gasteiger partial charge < -0.3 is 15.6 Å². The number of nitriles is 1. The highest BCUT2D eigenvalue weighted by Gasteiger charge is 2.51. The molecule has 2 rings (SSSR count). The highest BCUT2D eigenvalue weighted by molar-refractivity contribution is 5.24. The number of ether oxygens (including phenoxy) is 1. The molecule has 1 saturated heterocycles. The van der Waals surface area contributed by atoms with Gasteiger partial charge in [0.25, 0.3) is 0 Å². The number of aromatic nitrogens is 2. The third-order valence-electron chi connectivity index (χ3n) is 3.08. The number of rotatable bonds is 3. The normalized spacial score (nSPS) is 28.6. The topological polar surface area (TPSA) is 163 Å². The molecule has 3 N–H and O–H groups in total. The van der Waals surface area contributed by atoms with Crippen LogP contribution in [0.5, 0.6) is 0 Å². The average Bonchev–Trinajstić information content (AvgIpc) is 2.80. The summed E-state index contributed by atoms with van der Waals surface area (Å²) in [6, 6.07) is 3.21. The summed E-state index contributed by atoms with van der Waals surface area (Å²) in [5, 5.41) is 22.0. The summed E-state index contributed by atoms with van der Waals surface area (Å²) < 4.78 is 6.40. The quantitative estimate of drug-likeness (QED) is 0.441. The fourth-order valence-electron chi connectivity index (χ4n) is 2.07. The maximum absolute atomic E-state index is 11.8. The molecule has 0 bridgehead atoms. The Bertz CT molecular complexity index is 674. The van der Waals surface area contributed by atoms with Crippen LogP contribution in [0, 0.1) is 11.3 Å². The molecule has 104 valence electrons. The van der Waals surface area contributed by atoms with Crippen LogP contribution in [-0.2, 0) is 10.5 Å². The second kappa shape index (κ2) is 4.82. The van der Waals surface area contributed by atoms with E-state index in [4.69, 9.17) is 16.0 Å². The van der Waals surface area contributed by atoms with Gasteiger partial charge in [0, 0.05) is 17.5 Å². The van der Waals surface area contributed by atoms with E-state index in [-0.39, 0.29) is 18.7 Å². The van der Waals surface area contributed by atoms with Crippen molar-refractivity contribution in [3.63, 3.8) is 0 Å². The Morgan fingerprint density at radius 1 is 1.75 bits per heavy atom. The van der Waals surface area contributed by atoms with Gasteiger partial charge in [-0.15, -0.1) is 0 Å². The lowest BCUT2D eigenvalue weighted by atomic mass is 10.1. The molecular formula is C10H11N7O3. The fourth-order valence-corrected chi connectivity index (χ4v) is 2.07. The Hall–Kier alpha value is -2.60. The van der Waals surface area contributed by atoms with E-state index >= 15 is 0 Å². The summed E-state index contributed by atoms with van der Waals surface area (Å²) in [6.45, 7) is -0.600. The van der Waals surface area contributed by atoms with Crippen LogP contribution in [0.4, 0.5) is 5.82 Å². The van der Waals surface area contributed by atoms with Crippen molar-refractivity contribution in [3.8, 4) is 6.07 Å². The number of nitrogens with zero attached hydrogens (tertiary/aromatic N) is 6. The minimum atomic E-state index is -1.69. The molecule has 10 nitrogen and oxygen atoms in total. The molecule has 0 aliphatic carbocycles. The highest BCUT2D eigenvalue weighted by Crippen LogP contribution is 2.41. The van der Waals surface area contributed by atoms with Crippen LogP contribution in [0.2, 0.25) is 0 Å². The first-order valence-electron chi connectivity index (χ1n) is 5.65. The Morgan fingerprint density at radius 3 is 3.05 bits per heavy atom. The molecule has 0 radical (unpaired) electrons. The van der Waals surface area contributed by atoms with Crippen LogP contribution in [0.1, 0.15) is 12.8 Å². The molecule has 2 heterocycles. The fraction of sp³-hybridized carbons (Fsp3) is 0.500. The summed E-state index contributed by atoms with van der Waals surface area (Å²) in [6.07, 6.45) is 1.43. The van der Waals surface area contributed by atoms with Crippen LogP contribution in [-0.4, -0.2) is 27.0 Å². The molecule has 0 saturated carbocycles. The Kier molecular flexibility index (Phi) is 3.33. The smallest absolute Gasteiger partial charge is 0.352 e. The van der Waals surface area contributed by atoms with Gasteiger partial charge in [-0.2, -0.15) is 10.2 Å². The van der Waals surface area contributed by atoms with E-state index < -0.39 is 23.7 Å². The van der Waals surface area contributed by atoms with E-state index in [9.17, 15) is 15.2 Å². The highest BCUT2D eigenvalue weighted by atomic mass is 16.6.